The van der Waals surface area contributed by atoms with Gasteiger partial charge in [0.25, 0.3) is 0 Å². The number of halogens is 5. The third kappa shape index (κ3) is 25.7. The largest absolute Gasteiger partial charge is 0.491 e. The van der Waals surface area contributed by atoms with Gasteiger partial charge >= 0.3 is 5.97 Å². The van der Waals surface area contributed by atoms with E-state index in [-0.39, 0.29) is 26.4 Å². The van der Waals surface area contributed by atoms with E-state index >= 15 is 0 Å². The fourth-order valence-electron chi connectivity index (χ4n) is 4.83. The summed E-state index contributed by atoms with van der Waals surface area (Å²) in [7, 11) is 0. The van der Waals surface area contributed by atoms with Crippen LogP contribution in [-0.2, 0) is 61.6 Å². The van der Waals surface area contributed by atoms with Crippen LogP contribution in [0.5, 0.6) is 11.5 Å². The molecule has 0 atom stereocenters. The molecule has 2 aromatic carbocycles. The molecule has 3 rings (SSSR count). The third-order valence-electron chi connectivity index (χ3n) is 8.12. The van der Waals surface area contributed by atoms with E-state index < -0.39 is 47.2 Å². The Labute approximate surface area is 379 Å². The highest BCUT2D eigenvalue weighted by molar-refractivity contribution is 5.72. The van der Waals surface area contributed by atoms with Crippen molar-refractivity contribution < 1.29 is 93.1 Å². The monoisotopic (exact) mass is 954 g/mol. The second-order valence-electron chi connectivity index (χ2n) is 13.1. The number of carbonyl (C=O) groups excluding carboxylic acids is 1. The lowest BCUT2D eigenvalue weighted by atomic mass is 10.2. The first-order valence-electron chi connectivity index (χ1n) is 21.2. The maximum absolute atomic E-state index is 13.6. The summed E-state index contributed by atoms with van der Waals surface area (Å²) >= 11 is 0. The first-order valence-corrected chi connectivity index (χ1v) is 21.2. The molecule has 0 unspecified atom stereocenters. The predicted octanol–water partition coefficient (Wildman–Crippen LogP) is 3.51. The third-order valence-corrected chi connectivity index (χ3v) is 8.12. The molecule has 19 nitrogen and oxygen atoms in total. The summed E-state index contributed by atoms with van der Waals surface area (Å²) in [5.74, 6) is -12.5. The number of benzene rings is 2. The van der Waals surface area contributed by atoms with Gasteiger partial charge in [0.1, 0.15) is 12.4 Å². The van der Waals surface area contributed by atoms with Gasteiger partial charge in [-0.05, 0) is 31.2 Å². The number of hydrogen-bond donors (Lipinski definition) is 0. The van der Waals surface area contributed by atoms with Gasteiger partial charge in [-0.15, -0.1) is 20.4 Å². The van der Waals surface area contributed by atoms with Gasteiger partial charge in [-0.1, -0.05) is 0 Å². The molecule has 0 fully saturated rings. The van der Waals surface area contributed by atoms with Crippen molar-refractivity contribution >= 4 is 5.97 Å². The minimum absolute atomic E-state index is 0.0733. The van der Waals surface area contributed by atoms with Crippen molar-refractivity contribution in [1.29, 1.82) is 0 Å². The first kappa shape index (κ1) is 56.1. The number of rotatable bonds is 42. The minimum atomic E-state index is -2.35. The summed E-state index contributed by atoms with van der Waals surface area (Å²) < 4.78 is 142. The smallest absolute Gasteiger partial charge is 0.313 e. The number of esters is 1. The summed E-state index contributed by atoms with van der Waals surface area (Å²) in [5.41, 5.74) is 0.805. The van der Waals surface area contributed by atoms with Crippen LogP contribution < -0.4 is 9.47 Å². The molecule has 0 spiro atoms. The van der Waals surface area contributed by atoms with E-state index in [1.54, 1.807) is 6.92 Å². The van der Waals surface area contributed by atoms with Gasteiger partial charge in [0.2, 0.25) is 40.7 Å². The first-order chi connectivity index (χ1) is 32.3. The van der Waals surface area contributed by atoms with Crippen molar-refractivity contribution in [2.24, 2.45) is 0 Å². The minimum Gasteiger partial charge on any atom is -0.491 e. The average molecular weight is 955 g/mol. The topological polar surface area (TPSA) is 198 Å². The Balaban J connectivity index is 0.920. The van der Waals surface area contributed by atoms with Crippen LogP contribution in [0.4, 0.5) is 22.0 Å². The quantitative estimate of drug-likeness (QED) is 0.0200. The number of hydrogen-bond acceptors (Lipinski definition) is 19. The molecule has 0 aliphatic rings. The lowest BCUT2D eigenvalue weighted by molar-refractivity contribution is -0.136. The zero-order valence-electron chi connectivity index (χ0n) is 37.0. The van der Waals surface area contributed by atoms with E-state index in [4.69, 9.17) is 61.6 Å². The summed E-state index contributed by atoms with van der Waals surface area (Å²) in [5, 5.41) is 15.9. The van der Waals surface area contributed by atoms with Gasteiger partial charge in [0, 0.05) is 5.56 Å². The Morgan fingerprint density at radius 2 is 0.682 bits per heavy atom. The van der Waals surface area contributed by atoms with Gasteiger partial charge in [0.05, 0.1) is 165 Å². The zero-order chi connectivity index (χ0) is 47.3. The van der Waals surface area contributed by atoms with Crippen LogP contribution in [0.25, 0.3) is 11.4 Å². The van der Waals surface area contributed by atoms with Gasteiger partial charge < -0.3 is 66.3 Å². The molecular formula is C42H59F5N4O15. The molecule has 0 N–H and O–H groups in total. The maximum Gasteiger partial charge on any atom is 0.313 e. The molecular weight excluding hydrogens is 895 g/mol. The van der Waals surface area contributed by atoms with Crippen molar-refractivity contribution in [2.45, 2.75) is 13.3 Å². The molecule has 0 saturated carbocycles. The number of carbonyl (C=O) groups is 1. The zero-order valence-corrected chi connectivity index (χ0v) is 37.0. The Kier molecular flexibility index (Phi) is 31.4. The van der Waals surface area contributed by atoms with E-state index in [9.17, 15) is 26.7 Å². The fourth-order valence-corrected chi connectivity index (χ4v) is 4.83. The van der Waals surface area contributed by atoms with Gasteiger partial charge in [-0.25, -0.2) is 13.2 Å². The van der Waals surface area contributed by atoms with Crippen LogP contribution in [0.15, 0.2) is 24.3 Å². The van der Waals surface area contributed by atoms with E-state index in [0.717, 1.165) is 5.56 Å². The molecule has 0 aliphatic heterocycles. The molecule has 372 valence electrons. The number of aromatic nitrogens is 4. The molecule has 3 aromatic rings. The van der Waals surface area contributed by atoms with Crippen LogP contribution in [0.2, 0.25) is 0 Å². The molecule has 0 amide bonds. The highest BCUT2D eigenvalue weighted by Gasteiger charge is 2.28. The second-order valence-corrected chi connectivity index (χ2v) is 13.1. The Morgan fingerprint density at radius 1 is 0.394 bits per heavy atom. The second kappa shape index (κ2) is 36.9. The van der Waals surface area contributed by atoms with Crippen molar-refractivity contribution in [1.82, 2.24) is 20.4 Å². The van der Waals surface area contributed by atoms with E-state index in [2.05, 4.69) is 25.1 Å². The van der Waals surface area contributed by atoms with Crippen molar-refractivity contribution in [2.75, 3.05) is 165 Å². The molecule has 0 aliphatic carbocycles. The Hall–Kier alpha value is -4.18. The average Bonchev–Trinajstić information content (AvgIpc) is 3.32. The fraction of sp³-hybridized carbons (Fsp3) is 0.643. The predicted molar refractivity (Wildman–Crippen MR) is 220 cm³/mol. The van der Waals surface area contributed by atoms with Crippen molar-refractivity contribution in [3.8, 4) is 22.9 Å². The Morgan fingerprint density at radius 3 is 1.02 bits per heavy atom. The molecule has 0 bridgehead atoms. The van der Waals surface area contributed by atoms with Crippen LogP contribution in [0, 0.1) is 36.0 Å². The van der Waals surface area contributed by atoms with Crippen molar-refractivity contribution in [3.05, 3.63) is 59.2 Å². The lowest BCUT2D eigenvalue weighted by Gasteiger charge is -2.09. The Bertz CT molecular complexity index is 1680. The van der Waals surface area contributed by atoms with Crippen molar-refractivity contribution in [3.63, 3.8) is 0 Å². The van der Waals surface area contributed by atoms with Gasteiger partial charge in [0.15, 0.2) is 5.82 Å². The highest BCUT2D eigenvalue weighted by atomic mass is 19.2. The van der Waals surface area contributed by atoms with E-state index in [1.807, 2.05) is 24.3 Å². The normalized spacial score (nSPS) is 11.4. The lowest BCUT2D eigenvalue weighted by Crippen LogP contribution is -2.16. The molecule has 24 heteroatoms. The van der Waals surface area contributed by atoms with Crippen LogP contribution in [0.3, 0.4) is 0 Å². The van der Waals surface area contributed by atoms with Gasteiger partial charge in [-0.3, -0.25) is 4.79 Å². The summed E-state index contributed by atoms with van der Waals surface area (Å²) in [6.45, 7) is 10.9. The van der Waals surface area contributed by atoms with Crippen LogP contribution in [-0.4, -0.2) is 192 Å². The van der Waals surface area contributed by atoms with Crippen LogP contribution >= 0.6 is 0 Å². The molecule has 1 aromatic heterocycles. The summed E-state index contributed by atoms with van der Waals surface area (Å²) in [4.78, 5) is 11.7. The molecule has 66 heavy (non-hydrogen) atoms. The molecule has 1 heterocycles. The maximum atomic E-state index is 13.6. The van der Waals surface area contributed by atoms with E-state index in [0.29, 0.717) is 156 Å². The van der Waals surface area contributed by atoms with E-state index in [1.165, 1.54) is 0 Å². The summed E-state index contributed by atoms with van der Waals surface area (Å²) in [6.07, 6.45) is -0.493. The van der Waals surface area contributed by atoms with Gasteiger partial charge in [-0.2, -0.15) is 8.78 Å². The SMILES string of the molecule is Cc1nnc(-c2ccc(OCCOCCOCCOCCOCCOCCOCCOCCOCCOCCOCCOCCOCCC(=O)Oc3c(F)c(F)c(F)c(F)c3F)cc2)nn1. The standard InChI is InChI=1S/C42H59F5N4O15/c1-32-48-50-42(51-49-32)33-2-4-34(5-3-33)65-31-30-64-29-28-63-27-26-62-25-24-61-23-22-60-21-20-59-19-18-58-17-16-57-15-14-56-13-12-55-11-10-54-9-8-53-7-6-35(52)66-41-39(46)37(44)36(43)38(45)40(41)47/h2-5H,6-31H2,1H3. The molecule has 0 radical (unpaired) electrons. The van der Waals surface area contributed by atoms with Crippen LogP contribution in [0.1, 0.15) is 12.2 Å². The molecule has 0 saturated heterocycles. The highest BCUT2D eigenvalue weighted by Crippen LogP contribution is 2.29. The number of aryl methyl sites for hydroxylation is 1. The number of nitrogens with zero attached hydrogens (tertiary/aromatic N) is 4. The number of ether oxygens (including phenoxy) is 14. The summed E-state index contributed by atoms with van der Waals surface area (Å²) in [6, 6.07) is 7.36.